The lowest BCUT2D eigenvalue weighted by Gasteiger charge is -2.18. The summed E-state index contributed by atoms with van der Waals surface area (Å²) >= 11 is 7.49. The maximum Gasteiger partial charge on any atom is 0.255 e. The Hall–Kier alpha value is -3.54. The number of halogens is 1. The number of carbonyl (C=O) groups is 2. The molecule has 2 N–H and O–H groups in total. The van der Waals surface area contributed by atoms with Crippen molar-refractivity contribution in [3.05, 3.63) is 125 Å². The first-order valence-electron chi connectivity index (χ1n) is 10.7. The van der Waals surface area contributed by atoms with Crippen molar-refractivity contribution < 1.29 is 9.59 Å². The lowest BCUT2D eigenvalue weighted by Crippen LogP contribution is -2.19. The van der Waals surface area contributed by atoms with E-state index in [9.17, 15) is 9.59 Å². The number of anilines is 2. The molecule has 0 aliphatic carbocycles. The third kappa shape index (κ3) is 6.28. The van der Waals surface area contributed by atoms with Crippen molar-refractivity contribution in [1.82, 2.24) is 0 Å². The minimum absolute atomic E-state index is 0.160. The molecule has 170 valence electrons. The molecule has 4 aromatic rings. The SMILES string of the molecule is Cc1cccc(C(=O)Nc2cccc(SC(C(=O)Nc3cccc(Cl)c3)c3ccccc3)c2)c1. The van der Waals surface area contributed by atoms with Crippen molar-refractivity contribution in [2.75, 3.05) is 10.6 Å². The fourth-order valence-corrected chi connectivity index (χ4v) is 4.72. The van der Waals surface area contributed by atoms with Crippen LogP contribution >= 0.6 is 23.4 Å². The van der Waals surface area contributed by atoms with E-state index in [4.69, 9.17) is 11.6 Å². The molecule has 4 rings (SSSR count). The summed E-state index contributed by atoms with van der Waals surface area (Å²) in [6.45, 7) is 1.95. The lowest BCUT2D eigenvalue weighted by molar-refractivity contribution is -0.115. The minimum atomic E-state index is -0.497. The molecule has 1 atom stereocenters. The van der Waals surface area contributed by atoms with E-state index in [1.807, 2.05) is 79.7 Å². The van der Waals surface area contributed by atoms with Crippen molar-refractivity contribution in [2.24, 2.45) is 0 Å². The Bertz CT molecular complexity index is 1310. The topological polar surface area (TPSA) is 58.2 Å². The van der Waals surface area contributed by atoms with Gasteiger partial charge in [-0.25, -0.2) is 0 Å². The Morgan fingerprint density at radius 3 is 2.21 bits per heavy atom. The zero-order chi connectivity index (χ0) is 23.9. The number of thioether (sulfide) groups is 1. The molecule has 0 fully saturated rings. The van der Waals surface area contributed by atoms with Crippen molar-refractivity contribution in [3.8, 4) is 0 Å². The largest absolute Gasteiger partial charge is 0.325 e. The number of carbonyl (C=O) groups excluding carboxylic acids is 2. The monoisotopic (exact) mass is 486 g/mol. The molecule has 0 spiro atoms. The molecule has 4 nitrogen and oxygen atoms in total. The highest BCUT2D eigenvalue weighted by Gasteiger charge is 2.22. The van der Waals surface area contributed by atoms with Gasteiger partial charge in [0.05, 0.1) is 0 Å². The number of nitrogens with one attached hydrogen (secondary N) is 2. The van der Waals surface area contributed by atoms with Gasteiger partial charge in [0.25, 0.3) is 5.91 Å². The maximum atomic E-state index is 13.3. The zero-order valence-corrected chi connectivity index (χ0v) is 20.1. The molecule has 34 heavy (non-hydrogen) atoms. The Labute approximate surface area is 208 Å². The molecule has 6 heteroatoms. The van der Waals surface area contributed by atoms with E-state index >= 15 is 0 Å². The molecular formula is C28H23ClN2O2S. The predicted octanol–water partition coefficient (Wildman–Crippen LogP) is 7.37. The van der Waals surface area contributed by atoms with Crippen LogP contribution < -0.4 is 10.6 Å². The van der Waals surface area contributed by atoms with E-state index in [0.29, 0.717) is 22.0 Å². The molecule has 0 aromatic heterocycles. The van der Waals surface area contributed by atoms with Gasteiger partial charge in [0.15, 0.2) is 0 Å². The van der Waals surface area contributed by atoms with Gasteiger partial charge in [-0.1, -0.05) is 71.8 Å². The Kier molecular flexibility index (Phi) is 7.68. The van der Waals surface area contributed by atoms with Crippen LogP contribution in [-0.2, 0) is 4.79 Å². The van der Waals surface area contributed by atoms with Gasteiger partial charge in [-0.3, -0.25) is 9.59 Å². The Morgan fingerprint density at radius 2 is 1.47 bits per heavy atom. The molecule has 0 heterocycles. The summed E-state index contributed by atoms with van der Waals surface area (Å²) in [4.78, 5) is 26.8. The highest BCUT2D eigenvalue weighted by Crippen LogP contribution is 2.37. The summed E-state index contributed by atoms with van der Waals surface area (Å²) in [5.74, 6) is -0.336. The highest BCUT2D eigenvalue weighted by molar-refractivity contribution is 8.00. The summed E-state index contributed by atoms with van der Waals surface area (Å²) in [6, 6.07) is 31.6. The van der Waals surface area contributed by atoms with E-state index in [2.05, 4.69) is 10.6 Å². The molecule has 0 aliphatic rings. The van der Waals surface area contributed by atoms with E-state index in [-0.39, 0.29) is 11.8 Å². The van der Waals surface area contributed by atoms with Gasteiger partial charge in [-0.15, -0.1) is 11.8 Å². The molecule has 0 bridgehead atoms. The molecule has 0 saturated carbocycles. The van der Waals surface area contributed by atoms with Crippen molar-refractivity contribution >= 4 is 46.6 Å². The molecule has 1 unspecified atom stereocenters. The van der Waals surface area contributed by atoms with Crippen LogP contribution in [0, 0.1) is 6.92 Å². The van der Waals surface area contributed by atoms with Crippen LogP contribution in [0.3, 0.4) is 0 Å². The zero-order valence-electron chi connectivity index (χ0n) is 18.5. The van der Waals surface area contributed by atoms with Crippen molar-refractivity contribution in [2.45, 2.75) is 17.1 Å². The first kappa shape index (κ1) is 23.6. The number of hydrogen-bond donors (Lipinski definition) is 2. The lowest BCUT2D eigenvalue weighted by atomic mass is 10.1. The van der Waals surface area contributed by atoms with Crippen molar-refractivity contribution in [3.63, 3.8) is 0 Å². The number of aryl methyl sites for hydroxylation is 1. The van der Waals surface area contributed by atoms with E-state index in [1.54, 1.807) is 30.3 Å². The molecular weight excluding hydrogens is 464 g/mol. The normalized spacial score (nSPS) is 11.5. The number of hydrogen-bond acceptors (Lipinski definition) is 3. The molecule has 0 aliphatic heterocycles. The third-order valence-electron chi connectivity index (χ3n) is 5.06. The standard InChI is InChI=1S/C28H23ClN2O2S/c1-19-8-5-11-21(16-19)27(32)30-24-14-7-15-25(18-24)34-26(20-9-3-2-4-10-20)28(33)31-23-13-6-12-22(29)17-23/h2-18,26H,1H3,(H,30,32)(H,31,33). The fraction of sp³-hybridized carbons (Fsp3) is 0.0714. The fourth-order valence-electron chi connectivity index (χ4n) is 3.45. The van der Waals surface area contributed by atoms with Crippen LogP contribution in [0.25, 0.3) is 0 Å². The minimum Gasteiger partial charge on any atom is -0.325 e. The van der Waals surface area contributed by atoms with Gasteiger partial charge in [-0.2, -0.15) is 0 Å². The van der Waals surface area contributed by atoms with Gasteiger partial charge in [0, 0.05) is 26.9 Å². The van der Waals surface area contributed by atoms with Gasteiger partial charge in [0.2, 0.25) is 5.91 Å². The number of rotatable bonds is 7. The first-order chi connectivity index (χ1) is 16.5. The van der Waals surface area contributed by atoms with Gasteiger partial charge >= 0.3 is 0 Å². The maximum absolute atomic E-state index is 13.3. The van der Waals surface area contributed by atoms with Gasteiger partial charge in [-0.05, 0) is 61.0 Å². The predicted molar refractivity (Wildman–Crippen MR) is 141 cm³/mol. The number of benzene rings is 4. The van der Waals surface area contributed by atoms with Crippen molar-refractivity contribution in [1.29, 1.82) is 0 Å². The van der Waals surface area contributed by atoms with E-state index < -0.39 is 5.25 Å². The van der Waals surface area contributed by atoms with Crippen LogP contribution in [-0.4, -0.2) is 11.8 Å². The van der Waals surface area contributed by atoms with Crippen LogP contribution in [0.5, 0.6) is 0 Å². The molecule has 2 amide bonds. The third-order valence-corrected chi connectivity index (χ3v) is 6.54. The van der Waals surface area contributed by atoms with Gasteiger partial charge < -0.3 is 10.6 Å². The number of amides is 2. The van der Waals surface area contributed by atoms with E-state index in [1.165, 1.54) is 11.8 Å². The van der Waals surface area contributed by atoms with Crippen LogP contribution in [0.2, 0.25) is 5.02 Å². The summed E-state index contributed by atoms with van der Waals surface area (Å²) in [5, 5.41) is 5.96. The summed E-state index contributed by atoms with van der Waals surface area (Å²) < 4.78 is 0. The van der Waals surface area contributed by atoms with Crippen LogP contribution in [0.1, 0.15) is 26.7 Å². The molecule has 4 aromatic carbocycles. The summed E-state index contributed by atoms with van der Waals surface area (Å²) in [6.07, 6.45) is 0. The Morgan fingerprint density at radius 1 is 0.765 bits per heavy atom. The first-order valence-corrected chi connectivity index (χ1v) is 12.0. The average molecular weight is 487 g/mol. The second-order valence-corrected chi connectivity index (χ2v) is 9.37. The van der Waals surface area contributed by atoms with Crippen LogP contribution in [0.15, 0.2) is 108 Å². The van der Waals surface area contributed by atoms with E-state index in [0.717, 1.165) is 16.0 Å². The molecule has 0 radical (unpaired) electrons. The van der Waals surface area contributed by atoms with Gasteiger partial charge in [0.1, 0.15) is 5.25 Å². The Balaban J connectivity index is 1.54. The molecule has 0 saturated heterocycles. The average Bonchev–Trinajstić information content (AvgIpc) is 2.83. The highest BCUT2D eigenvalue weighted by atomic mass is 35.5. The van der Waals surface area contributed by atoms with Crippen LogP contribution in [0.4, 0.5) is 11.4 Å². The quantitative estimate of drug-likeness (QED) is 0.268. The second-order valence-electron chi connectivity index (χ2n) is 7.76. The summed E-state index contributed by atoms with van der Waals surface area (Å²) in [5.41, 5.74) is 3.80. The summed E-state index contributed by atoms with van der Waals surface area (Å²) in [7, 11) is 0. The smallest absolute Gasteiger partial charge is 0.255 e. The second kappa shape index (κ2) is 11.1.